The molecule has 0 bridgehead atoms. The number of nitrogens with zero attached hydrogens (tertiary/aromatic N) is 1. The highest BCUT2D eigenvalue weighted by Gasteiger charge is 2.32. The molecule has 0 aromatic rings. The lowest BCUT2D eigenvalue weighted by atomic mass is 9.95. The highest BCUT2D eigenvalue weighted by atomic mass is 32.2. The fourth-order valence-corrected chi connectivity index (χ4v) is 5.84. The molecule has 1 saturated heterocycles. The van der Waals surface area contributed by atoms with Crippen molar-refractivity contribution < 1.29 is 9.32 Å². The number of hydrogen-bond acceptors (Lipinski definition) is 4. The Hall–Kier alpha value is -0.270. The van der Waals surface area contributed by atoms with Crippen LogP contribution in [0.2, 0.25) is 0 Å². The summed E-state index contributed by atoms with van der Waals surface area (Å²) in [6.07, 6.45) is 5.06. The molecule has 3 N–H and O–H groups in total. The van der Waals surface area contributed by atoms with E-state index in [1.807, 2.05) is 13.8 Å². The zero-order chi connectivity index (χ0) is 16.7. The van der Waals surface area contributed by atoms with Crippen molar-refractivity contribution in [3.8, 4) is 0 Å². The SMILES string of the molecule is CCNC(=NCC1(O)CCSC1)NC1CCCC(S(=O)CC)C1. The molecule has 2 aliphatic rings. The fraction of sp³-hybridized carbons (Fsp3) is 0.938. The standard InChI is InChI=1S/C16H31N3O2S2/c1-3-17-15(18-11-16(20)8-9-22-12-16)19-13-6-5-7-14(10-13)23(21)4-2/h13-14,20H,3-12H2,1-2H3,(H2,17,18,19). The summed E-state index contributed by atoms with van der Waals surface area (Å²) in [4.78, 5) is 4.61. The third-order valence-corrected chi connectivity index (χ3v) is 7.56. The molecule has 7 heteroatoms. The third-order valence-electron chi connectivity index (χ3n) is 4.58. The molecule has 1 aliphatic carbocycles. The van der Waals surface area contributed by atoms with Gasteiger partial charge in [-0.2, -0.15) is 11.8 Å². The Balaban J connectivity index is 1.91. The number of rotatable bonds is 6. The summed E-state index contributed by atoms with van der Waals surface area (Å²) in [7, 11) is -0.708. The van der Waals surface area contributed by atoms with E-state index in [0.29, 0.717) is 17.8 Å². The van der Waals surface area contributed by atoms with Crippen molar-refractivity contribution in [2.24, 2.45) is 4.99 Å². The maximum atomic E-state index is 12.1. The first-order valence-electron chi connectivity index (χ1n) is 8.78. The van der Waals surface area contributed by atoms with Crippen LogP contribution in [0.1, 0.15) is 46.0 Å². The molecular weight excluding hydrogens is 330 g/mol. The van der Waals surface area contributed by atoms with E-state index in [0.717, 1.165) is 61.9 Å². The van der Waals surface area contributed by atoms with E-state index >= 15 is 0 Å². The highest BCUT2D eigenvalue weighted by Crippen LogP contribution is 2.28. The van der Waals surface area contributed by atoms with Crippen LogP contribution < -0.4 is 10.6 Å². The summed E-state index contributed by atoms with van der Waals surface area (Å²) in [6.45, 7) is 5.30. The van der Waals surface area contributed by atoms with Crippen LogP contribution in [0, 0.1) is 0 Å². The molecule has 0 amide bonds. The van der Waals surface area contributed by atoms with Crippen LogP contribution in [0.15, 0.2) is 4.99 Å². The second kappa shape index (κ2) is 9.28. The first-order chi connectivity index (χ1) is 11.1. The van der Waals surface area contributed by atoms with Crippen LogP contribution >= 0.6 is 11.8 Å². The fourth-order valence-electron chi connectivity index (χ4n) is 3.21. The Labute approximate surface area is 146 Å². The second-order valence-electron chi connectivity index (χ2n) is 6.52. The van der Waals surface area contributed by atoms with Gasteiger partial charge in [-0.3, -0.25) is 9.20 Å². The number of thioether (sulfide) groups is 1. The van der Waals surface area contributed by atoms with Crippen LogP contribution in [0.5, 0.6) is 0 Å². The smallest absolute Gasteiger partial charge is 0.191 e. The molecule has 0 spiro atoms. The first-order valence-corrected chi connectivity index (χ1v) is 11.3. The minimum atomic E-state index is -0.708. The van der Waals surface area contributed by atoms with Gasteiger partial charge in [0.1, 0.15) is 0 Å². The van der Waals surface area contributed by atoms with Gasteiger partial charge < -0.3 is 15.7 Å². The maximum Gasteiger partial charge on any atom is 0.191 e. The van der Waals surface area contributed by atoms with Crippen LogP contribution in [-0.4, -0.2) is 62.5 Å². The lowest BCUT2D eigenvalue weighted by molar-refractivity contribution is 0.0778. The number of aliphatic hydroxyl groups is 1. The molecule has 1 saturated carbocycles. The predicted molar refractivity (Wildman–Crippen MR) is 101 cm³/mol. The number of nitrogens with one attached hydrogen (secondary N) is 2. The quantitative estimate of drug-likeness (QED) is 0.494. The summed E-state index contributed by atoms with van der Waals surface area (Å²) >= 11 is 1.79. The number of aliphatic imine (C=N–C) groups is 1. The van der Waals surface area contributed by atoms with E-state index in [-0.39, 0.29) is 0 Å². The van der Waals surface area contributed by atoms with Crippen LogP contribution in [0.25, 0.3) is 0 Å². The van der Waals surface area contributed by atoms with Crippen molar-refractivity contribution >= 4 is 28.5 Å². The Morgan fingerprint density at radius 3 is 2.91 bits per heavy atom. The van der Waals surface area contributed by atoms with Gasteiger partial charge in [0.2, 0.25) is 0 Å². The molecule has 23 heavy (non-hydrogen) atoms. The Kier molecular flexibility index (Phi) is 7.69. The van der Waals surface area contributed by atoms with Gasteiger partial charge >= 0.3 is 0 Å². The average molecular weight is 362 g/mol. The Morgan fingerprint density at radius 2 is 2.26 bits per heavy atom. The van der Waals surface area contributed by atoms with Crippen molar-refractivity contribution in [3.63, 3.8) is 0 Å². The van der Waals surface area contributed by atoms with E-state index in [4.69, 9.17) is 0 Å². The lowest BCUT2D eigenvalue weighted by Gasteiger charge is -2.30. The molecule has 1 aliphatic heterocycles. The molecule has 4 unspecified atom stereocenters. The molecule has 2 rings (SSSR count). The summed E-state index contributed by atoms with van der Waals surface area (Å²) in [5.41, 5.74) is -0.647. The highest BCUT2D eigenvalue weighted by molar-refractivity contribution is 7.99. The normalized spacial score (nSPS) is 33.4. The zero-order valence-electron chi connectivity index (χ0n) is 14.3. The topological polar surface area (TPSA) is 73.7 Å². The van der Waals surface area contributed by atoms with Gasteiger partial charge in [-0.1, -0.05) is 13.3 Å². The van der Waals surface area contributed by atoms with Gasteiger partial charge in [-0.25, -0.2) is 0 Å². The van der Waals surface area contributed by atoms with Gasteiger partial charge in [0, 0.05) is 40.1 Å². The number of guanidine groups is 1. The molecule has 2 fully saturated rings. The third kappa shape index (κ3) is 5.94. The minimum absolute atomic E-state index is 0.310. The van der Waals surface area contributed by atoms with E-state index in [1.165, 1.54) is 0 Å². The monoisotopic (exact) mass is 361 g/mol. The van der Waals surface area contributed by atoms with Crippen LogP contribution in [0.4, 0.5) is 0 Å². The number of hydrogen-bond donors (Lipinski definition) is 3. The molecule has 0 radical (unpaired) electrons. The van der Waals surface area contributed by atoms with Gasteiger partial charge in [-0.15, -0.1) is 0 Å². The Morgan fingerprint density at radius 1 is 1.43 bits per heavy atom. The maximum absolute atomic E-state index is 12.1. The summed E-state index contributed by atoms with van der Waals surface area (Å²) < 4.78 is 12.1. The van der Waals surface area contributed by atoms with Crippen molar-refractivity contribution in [1.29, 1.82) is 0 Å². The van der Waals surface area contributed by atoms with Gasteiger partial charge in [0.15, 0.2) is 5.96 Å². The Bertz CT molecular complexity index is 426. The molecule has 134 valence electrons. The summed E-state index contributed by atoms with van der Waals surface area (Å²) in [6, 6.07) is 0.328. The second-order valence-corrected chi connectivity index (χ2v) is 9.63. The van der Waals surface area contributed by atoms with Gasteiger partial charge in [-0.05, 0) is 38.4 Å². The van der Waals surface area contributed by atoms with Crippen LogP contribution in [-0.2, 0) is 10.8 Å². The molecule has 5 nitrogen and oxygen atoms in total. The predicted octanol–water partition coefficient (Wildman–Crippen LogP) is 1.49. The summed E-state index contributed by atoms with van der Waals surface area (Å²) in [5, 5.41) is 17.5. The minimum Gasteiger partial charge on any atom is -0.387 e. The zero-order valence-corrected chi connectivity index (χ0v) is 16.0. The van der Waals surface area contributed by atoms with Crippen molar-refractivity contribution in [1.82, 2.24) is 10.6 Å². The lowest BCUT2D eigenvalue weighted by Crippen LogP contribution is -2.47. The van der Waals surface area contributed by atoms with E-state index in [9.17, 15) is 9.32 Å². The van der Waals surface area contributed by atoms with E-state index < -0.39 is 16.4 Å². The largest absolute Gasteiger partial charge is 0.387 e. The van der Waals surface area contributed by atoms with Gasteiger partial charge in [0.25, 0.3) is 0 Å². The van der Waals surface area contributed by atoms with Crippen molar-refractivity contribution in [2.45, 2.75) is 62.8 Å². The first kappa shape index (κ1) is 19.1. The van der Waals surface area contributed by atoms with E-state index in [1.54, 1.807) is 11.8 Å². The molecular formula is C16H31N3O2S2. The average Bonchev–Trinajstić information content (AvgIpc) is 2.99. The molecule has 4 atom stereocenters. The van der Waals surface area contributed by atoms with Crippen LogP contribution in [0.3, 0.4) is 0 Å². The molecule has 0 aromatic heterocycles. The van der Waals surface area contributed by atoms with E-state index in [2.05, 4.69) is 15.6 Å². The van der Waals surface area contributed by atoms with Crippen molar-refractivity contribution in [2.75, 3.05) is 30.3 Å². The summed E-state index contributed by atoms with van der Waals surface area (Å²) in [5.74, 6) is 3.32. The van der Waals surface area contributed by atoms with Gasteiger partial charge in [0.05, 0.1) is 12.1 Å². The van der Waals surface area contributed by atoms with Crippen molar-refractivity contribution in [3.05, 3.63) is 0 Å². The molecule has 0 aromatic carbocycles. The molecule has 1 heterocycles.